The number of benzene rings is 2. The number of hydrogen-bond donors (Lipinski definition) is 0. The van der Waals surface area contributed by atoms with Crippen molar-refractivity contribution in [3.05, 3.63) is 73.8 Å². The number of nitro benzene ring substituents is 2. The molecule has 2 rings (SSSR count). The minimum Gasteiger partial charge on any atom is -0.415 e. The number of nitro groups is 2. The number of ether oxygens (including phenoxy) is 1. The van der Waals surface area contributed by atoms with Crippen molar-refractivity contribution in [2.24, 2.45) is 0 Å². The summed E-state index contributed by atoms with van der Waals surface area (Å²) in [5, 5.41) is 21.8. The molecule has 0 aliphatic heterocycles. The van der Waals surface area contributed by atoms with Crippen LogP contribution < -0.4 is 4.74 Å². The van der Waals surface area contributed by atoms with Crippen LogP contribution in [0.15, 0.2) is 42.5 Å². The second kappa shape index (κ2) is 8.16. The Labute approximate surface area is 167 Å². The van der Waals surface area contributed by atoms with Gasteiger partial charge in [0.15, 0.2) is 0 Å². The molecule has 23 heavy (non-hydrogen) atoms. The smallest absolute Gasteiger partial charge is 0.415 e. The first-order valence-electron chi connectivity index (χ1n) is 6.11. The Morgan fingerprint density at radius 1 is 1.04 bits per heavy atom. The van der Waals surface area contributed by atoms with Crippen LogP contribution in [-0.2, 0) is 0 Å². The molecule has 9 heteroatoms. The molecule has 0 bridgehead atoms. The summed E-state index contributed by atoms with van der Waals surface area (Å²) in [5.74, 6) is -1.08. The Morgan fingerprint density at radius 2 is 1.65 bits per heavy atom. The van der Waals surface area contributed by atoms with Gasteiger partial charge < -0.3 is 4.74 Å². The number of aryl methyl sites for hydroxylation is 1. The maximum absolute atomic E-state index is 12.0. The number of carbonyl (C=O) groups excluding carboxylic acids is 1. The van der Waals surface area contributed by atoms with E-state index in [0.29, 0.717) is 0 Å². The van der Waals surface area contributed by atoms with Gasteiger partial charge in [-0.15, -0.1) is 0 Å². The van der Waals surface area contributed by atoms with Gasteiger partial charge in [0.05, 0.1) is 21.5 Å². The first kappa shape index (κ1) is 19.2. The first-order chi connectivity index (χ1) is 10.4. The maximum Gasteiger partial charge on any atom is 2.00 e. The molecule has 0 radical (unpaired) electrons. The predicted octanol–water partition coefficient (Wildman–Crippen LogP) is 2.65. The van der Waals surface area contributed by atoms with Gasteiger partial charge in [0, 0.05) is 11.6 Å². The summed E-state index contributed by atoms with van der Waals surface area (Å²) in [5.41, 5.74) is -0.723. The zero-order valence-corrected chi connectivity index (χ0v) is 15.6. The molecule has 0 fully saturated rings. The fraction of sp³-hybridized carbons (Fsp3) is 0.0714. The van der Waals surface area contributed by atoms with E-state index in [9.17, 15) is 25.0 Å². The van der Waals surface area contributed by atoms with E-state index < -0.39 is 27.2 Å². The number of carbonyl (C=O) groups is 1. The molecule has 8 nitrogen and oxygen atoms in total. The maximum atomic E-state index is 12.0. The minimum atomic E-state index is -0.826. The van der Waals surface area contributed by atoms with Gasteiger partial charge in [-0.1, -0.05) is 18.2 Å². The summed E-state index contributed by atoms with van der Waals surface area (Å²) < 4.78 is 5.06. The SMILES string of the molecule is Cc1cc([N+](=O)[O-])cc([N+](=O)[O-])c1OC(=O)c1ccccc1.[Sr+2]. The molecule has 0 amide bonds. The Hall–Kier alpha value is -1.81. The van der Waals surface area contributed by atoms with E-state index in [0.717, 1.165) is 12.1 Å². The van der Waals surface area contributed by atoms with E-state index in [4.69, 9.17) is 4.74 Å². The van der Waals surface area contributed by atoms with Crippen molar-refractivity contribution in [3.63, 3.8) is 0 Å². The van der Waals surface area contributed by atoms with Crippen LogP contribution in [-0.4, -0.2) is 61.3 Å². The summed E-state index contributed by atoms with van der Waals surface area (Å²) in [7, 11) is 0. The second-order valence-corrected chi connectivity index (χ2v) is 4.38. The number of esters is 1. The molecule has 0 heterocycles. The minimum absolute atomic E-state index is 0. The normalized spacial score (nSPS) is 9.61. The van der Waals surface area contributed by atoms with E-state index in [1.807, 2.05) is 0 Å². The molecule has 2 aromatic rings. The van der Waals surface area contributed by atoms with Crippen LogP contribution in [0, 0.1) is 27.2 Å². The average molecular weight is 390 g/mol. The Balaban J connectivity index is 0.00000264. The van der Waals surface area contributed by atoms with Crippen LogP contribution in [0.5, 0.6) is 5.75 Å². The molecule has 0 spiro atoms. The van der Waals surface area contributed by atoms with Gasteiger partial charge in [0.1, 0.15) is 0 Å². The molecule has 0 aliphatic rings. The van der Waals surface area contributed by atoms with Gasteiger partial charge in [-0.05, 0) is 19.1 Å². The van der Waals surface area contributed by atoms with Crippen molar-refractivity contribution >= 4 is 62.8 Å². The third-order valence-electron chi connectivity index (χ3n) is 2.85. The van der Waals surface area contributed by atoms with Crippen LogP contribution in [0.3, 0.4) is 0 Å². The first-order valence-corrected chi connectivity index (χ1v) is 6.11. The number of non-ortho nitro benzene ring substituents is 1. The third-order valence-corrected chi connectivity index (χ3v) is 2.85. The van der Waals surface area contributed by atoms with Crippen LogP contribution in [0.2, 0.25) is 0 Å². The largest absolute Gasteiger partial charge is 2.00 e. The van der Waals surface area contributed by atoms with E-state index in [1.165, 1.54) is 19.1 Å². The number of rotatable bonds is 4. The molecular formula is C14H10N2O6Sr+2. The van der Waals surface area contributed by atoms with Crippen LogP contribution >= 0.6 is 0 Å². The molecule has 0 aliphatic carbocycles. The summed E-state index contributed by atoms with van der Waals surface area (Å²) >= 11 is 0. The van der Waals surface area contributed by atoms with Crippen LogP contribution in [0.4, 0.5) is 11.4 Å². The summed E-state index contributed by atoms with van der Waals surface area (Å²) in [6, 6.07) is 9.81. The molecule has 0 N–H and O–H groups in total. The van der Waals surface area contributed by atoms with Crippen molar-refractivity contribution in [1.29, 1.82) is 0 Å². The standard InChI is InChI=1S/C14H10N2O6.Sr/c1-9-7-11(15(18)19)8-12(16(20)21)13(9)22-14(17)10-5-3-2-4-6-10;/h2-8H,1H3;/q;+2. The molecule has 112 valence electrons. The zero-order chi connectivity index (χ0) is 16.3. The molecular weight excluding hydrogens is 380 g/mol. The Bertz CT molecular complexity index is 763. The Morgan fingerprint density at radius 3 is 2.17 bits per heavy atom. The van der Waals surface area contributed by atoms with E-state index in [-0.39, 0.29) is 62.4 Å². The van der Waals surface area contributed by atoms with Gasteiger partial charge in [-0.3, -0.25) is 20.2 Å². The van der Waals surface area contributed by atoms with E-state index >= 15 is 0 Å². The van der Waals surface area contributed by atoms with Gasteiger partial charge in [0.25, 0.3) is 5.69 Å². The molecule has 0 saturated heterocycles. The van der Waals surface area contributed by atoms with Gasteiger partial charge >= 0.3 is 57.1 Å². The van der Waals surface area contributed by atoms with Crippen molar-refractivity contribution < 1.29 is 19.4 Å². The molecule has 0 atom stereocenters. The van der Waals surface area contributed by atoms with E-state index in [2.05, 4.69) is 0 Å². The molecule has 0 unspecified atom stereocenters. The van der Waals surface area contributed by atoms with E-state index in [1.54, 1.807) is 18.2 Å². The van der Waals surface area contributed by atoms with Gasteiger partial charge in [-0.25, -0.2) is 4.79 Å². The van der Waals surface area contributed by atoms with Gasteiger partial charge in [-0.2, -0.15) is 0 Å². The molecule has 0 aromatic heterocycles. The fourth-order valence-corrected chi connectivity index (χ4v) is 1.84. The monoisotopic (exact) mass is 390 g/mol. The summed E-state index contributed by atoms with van der Waals surface area (Å²) in [6.07, 6.45) is 0. The quantitative estimate of drug-likeness (QED) is 0.261. The topological polar surface area (TPSA) is 113 Å². The summed E-state index contributed by atoms with van der Waals surface area (Å²) in [6.45, 7) is 1.40. The van der Waals surface area contributed by atoms with Crippen molar-refractivity contribution in [2.45, 2.75) is 6.92 Å². The molecule has 0 saturated carbocycles. The van der Waals surface area contributed by atoms with Crippen LogP contribution in [0.1, 0.15) is 15.9 Å². The van der Waals surface area contributed by atoms with Crippen molar-refractivity contribution in [2.75, 3.05) is 0 Å². The summed E-state index contributed by atoms with van der Waals surface area (Å²) in [4.78, 5) is 32.2. The second-order valence-electron chi connectivity index (χ2n) is 4.38. The van der Waals surface area contributed by atoms with Gasteiger partial charge in [0.2, 0.25) is 5.75 Å². The van der Waals surface area contributed by atoms with Crippen molar-refractivity contribution in [1.82, 2.24) is 0 Å². The fourth-order valence-electron chi connectivity index (χ4n) is 1.84. The van der Waals surface area contributed by atoms with Crippen LogP contribution in [0.25, 0.3) is 0 Å². The Kier molecular flexibility index (Phi) is 6.82. The predicted molar refractivity (Wildman–Crippen MR) is 81.6 cm³/mol. The number of nitrogens with zero attached hydrogens (tertiary/aromatic N) is 2. The average Bonchev–Trinajstić information content (AvgIpc) is 2.49. The number of hydrogen-bond acceptors (Lipinski definition) is 6. The third kappa shape index (κ3) is 4.58. The molecule has 2 aromatic carbocycles. The van der Waals surface area contributed by atoms with Crippen molar-refractivity contribution in [3.8, 4) is 5.75 Å². The zero-order valence-electron chi connectivity index (χ0n) is 12.1.